The van der Waals surface area contributed by atoms with Gasteiger partial charge >= 0.3 is 0 Å². The lowest BCUT2D eigenvalue weighted by Crippen LogP contribution is -2.26. The normalized spacial score (nSPS) is 15.7. The van der Waals surface area contributed by atoms with E-state index in [2.05, 4.69) is 4.90 Å². The molecule has 1 N–H and O–H groups in total. The fraction of sp³-hybridized carbons (Fsp3) is 0.450. The van der Waals surface area contributed by atoms with Gasteiger partial charge in [0.05, 0.1) is 13.7 Å². The van der Waals surface area contributed by atoms with E-state index in [4.69, 9.17) is 4.74 Å². The van der Waals surface area contributed by atoms with Gasteiger partial charge in [-0.2, -0.15) is 0 Å². The van der Waals surface area contributed by atoms with Gasteiger partial charge in [-0.25, -0.2) is 0 Å². The molecule has 0 bridgehead atoms. The van der Waals surface area contributed by atoms with Crippen molar-refractivity contribution in [2.75, 3.05) is 20.2 Å². The van der Waals surface area contributed by atoms with Gasteiger partial charge in [-0.15, -0.1) is 0 Å². The zero-order valence-electron chi connectivity index (χ0n) is 14.8. The monoisotopic (exact) mass is 342 g/mol. The summed E-state index contributed by atoms with van der Waals surface area (Å²) in [4.78, 5) is 14.9. The molecule has 0 saturated carbocycles. The van der Waals surface area contributed by atoms with E-state index in [0.29, 0.717) is 18.7 Å². The number of likely N-dealkylation sites (tertiary alicyclic amines) is 1. The molecule has 2 aromatic rings. The maximum absolute atomic E-state index is 12.6. The largest absolute Gasteiger partial charge is 0.503 e. The molecule has 0 amide bonds. The fourth-order valence-electron chi connectivity index (χ4n) is 3.40. The van der Waals surface area contributed by atoms with E-state index < -0.39 is 0 Å². The van der Waals surface area contributed by atoms with Crippen molar-refractivity contribution < 1.29 is 9.84 Å². The molecule has 25 heavy (non-hydrogen) atoms. The molecular weight excluding hydrogens is 316 g/mol. The molecule has 1 aromatic carbocycles. The van der Waals surface area contributed by atoms with Crippen LogP contribution in [0.2, 0.25) is 0 Å². The van der Waals surface area contributed by atoms with Gasteiger partial charge in [0.1, 0.15) is 5.75 Å². The minimum atomic E-state index is -0.349. The van der Waals surface area contributed by atoms with Crippen LogP contribution in [0.1, 0.15) is 36.8 Å². The Balaban J connectivity index is 1.79. The van der Waals surface area contributed by atoms with Crippen molar-refractivity contribution in [3.05, 3.63) is 58.0 Å². The SMILES string of the molecule is COc1ccccc1Cn1ccc(CN2CCCCCC2)c(O)c1=O. The number of aromatic nitrogens is 1. The van der Waals surface area contributed by atoms with Crippen LogP contribution in [0.5, 0.6) is 11.5 Å². The lowest BCUT2D eigenvalue weighted by Gasteiger charge is -2.20. The topological polar surface area (TPSA) is 54.7 Å². The number of pyridine rings is 1. The number of nitrogens with zero attached hydrogens (tertiary/aromatic N) is 2. The highest BCUT2D eigenvalue weighted by molar-refractivity contribution is 5.34. The Hall–Kier alpha value is -2.27. The van der Waals surface area contributed by atoms with Crippen LogP contribution in [0.25, 0.3) is 0 Å². The van der Waals surface area contributed by atoms with Crippen molar-refractivity contribution in [3.8, 4) is 11.5 Å². The van der Waals surface area contributed by atoms with Crippen molar-refractivity contribution in [2.24, 2.45) is 0 Å². The molecule has 0 unspecified atom stereocenters. The zero-order chi connectivity index (χ0) is 17.6. The van der Waals surface area contributed by atoms with Crippen LogP contribution >= 0.6 is 0 Å². The van der Waals surface area contributed by atoms with Gasteiger partial charge in [0.2, 0.25) is 0 Å². The standard InChI is InChI=1S/C20H26N2O3/c1-25-18-9-5-4-8-16(18)15-22-13-10-17(19(23)20(22)24)14-21-11-6-2-3-7-12-21/h4-5,8-10,13,23H,2-3,6-7,11-12,14-15H2,1H3. The highest BCUT2D eigenvalue weighted by atomic mass is 16.5. The van der Waals surface area contributed by atoms with Gasteiger partial charge in [0, 0.05) is 23.9 Å². The summed E-state index contributed by atoms with van der Waals surface area (Å²) in [7, 11) is 1.61. The van der Waals surface area contributed by atoms with Crippen LogP contribution in [0.15, 0.2) is 41.3 Å². The van der Waals surface area contributed by atoms with E-state index in [-0.39, 0.29) is 11.3 Å². The molecule has 1 aromatic heterocycles. The number of benzene rings is 1. The molecule has 0 radical (unpaired) electrons. The van der Waals surface area contributed by atoms with E-state index >= 15 is 0 Å². The average Bonchev–Trinajstić information content (AvgIpc) is 2.90. The van der Waals surface area contributed by atoms with Crippen molar-refractivity contribution in [1.82, 2.24) is 9.47 Å². The first-order valence-electron chi connectivity index (χ1n) is 8.94. The van der Waals surface area contributed by atoms with Crippen molar-refractivity contribution >= 4 is 0 Å². The number of aromatic hydroxyl groups is 1. The van der Waals surface area contributed by atoms with Gasteiger partial charge in [-0.1, -0.05) is 31.0 Å². The molecule has 0 atom stereocenters. The van der Waals surface area contributed by atoms with E-state index in [1.54, 1.807) is 13.3 Å². The summed E-state index contributed by atoms with van der Waals surface area (Å²) in [6.07, 6.45) is 6.67. The van der Waals surface area contributed by atoms with E-state index in [0.717, 1.165) is 24.4 Å². The summed E-state index contributed by atoms with van der Waals surface area (Å²) >= 11 is 0. The van der Waals surface area contributed by atoms with Gasteiger partial charge < -0.3 is 14.4 Å². The molecule has 2 heterocycles. The second-order valence-electron chi connectivity index (χ2n) is 6.62. The minimum absolute atomic E-state index is 0.137. The van der Waals surface area contributed by atoms with Crippen molar-refractivity contribution in [2.45, 2.75) is 38.8 Å². The number of rotatable bonds is 5. The summed E-state index contributed by atoms with van der Waals surface area (Å²) in [5.41, 5.74) is 1.27. The molecule has 5 nitrogen and oxygen atoms in total. The van der Waals surface area contributed by atoms with Crippen LogP contribution in [-0.4, -0.2) is 34.8 Å². The van der Waals surface area contributed by atoms with Gasteiger partial charge in [-0.05, 0) is 38.1 Å². The van der Waals surface area contributed by atoms with Crippen LogP contribution in [0.3, 0.4) is 0 Å². The van der Waals surface area contributed by atoms with Crippen molar-refractivity contribution in [1.29, 1.82) is 0 Å². The van der Waals surface area contributed by atoms with E-state index in [1.165, 1.54) is 30.3 Å². The van der Waals surface area contributed by atoms with Crippen LogP contribution in [0, 0.1) is 0 Å². The molecule has 5 heteroatoms. The third-order valence-electron chi connectivity index (χ3n) is 4.85. The highest BCUT2D eigenvalue weighted by Gasteiger charge is 2.15. The first-order valence-corrected chi connectivity index (χ1v) is 8.94. The number of ether oxygens (including phenoxy) is 1. The Morgan fingerprint density at radius 3 is 2.44 bits per heavy atom. The fourth-order valence-corrected chi connectivity index (χ4v) is 3.40. The first kappa shape index (κ1) is 17.5. The van der Waals surface area contributed by atoms with Gasteiger partial charge in [0.15, 0.2) is 5.75 Å². The molecule has 0 spiro atoms. The van der Waals surface area contributed by atoms with Crippen LogP contribution in [-0.2, 0) is 13.1 Å². The summed E-state index contributed by atoms with van der Waals surface area (Å²) in [6.45, 7) is 3.07. The molecular formula is C20H26N2O3. The van der Waals surface area contributed by atoms with E-state index in [9.17, 15) is 9.90 Å². The molecule has 1 fully saturated rings. The van der Waals surface area contributed by atoms with E-state index in [1.807, 2.05) is 30.3 Å². The highest BCUT2D eigenvalue weighted by Crippen LogP contribution is 2.20. The summed E-state index contributed by atoms with van der Waals surface area (Å²) in [5.74, 6) is 0.601. The summed E-state index contributed by atoms with van der Waals surface area (Å²) in [5, 5.41) is 10.4. The number of hydrogen-bond donors (Lipinski definition) is 1. The lowest BCUT2D eigenvalue weighted by atomic mass is 10.2. The molecule has 1 aliphatic heterocycles. The summed E-state index contributed by atoms with van der Waals surface area (Å²) in [6, 6.07) is 9.46. The number of para-hydroxylation sites is 1. The molecule has 0 aliphatic carbocycles. The predicted octanol–water partition coefficient (Wildman–Crippen LogP) is 2.99. The zero-order valence-corrected chi connectivity index (χ0v) is 14.8. The maximum Gasteiger partial charge on any atom is 0.293 e. The Labute approximate surface area is 148 Å². The Bertz CT molecular complexity index is 762. The average molecular weight is 342 g/mol. The number of methoxy groups -OCH3 is 1. The second-order valence-corrected chi connectivity index (χ2v) is 6.62. The van der Waals surface area contributed by atoms with Gasteiger partial charge in [0.25, 0.3) is 5.56 Å². The predicted molar refractivity (Wildman–Crippen MR) is 98.2 cm³/mol. The molecule has 1 saturated heterocycles. The molecule has 3 rings (SSSR count). The maximum atomic E-state index is 12.6. The third kappa shape index (κ3) is 4.23. The molecule has 1 aliphatic rings. The third-order valence-corrected chi connectivity index (χ3v) is 4.85. The second kappa shape index (κ2) is 8.21. The quantitative estimate of drug-likeness (QED) is 0.908. The Kier molecular flexibility index (Phi) is 5.76. The molecule has 134 valence electrons. The Morgan fingerprint density at radius 2 is 1.72 bits per heavy atom. The summed E-state index contributed by atoms with van der Waals surface area (Å²) < 4.78 is 6.87. The van der Waals surface area contributed by atoms with Gasteiger partial charge in [-0.3, -0.25) is 9.69 Å². The van der Waals surface area contributed by atoms with Crippen LogP contribution in [0.4, 0.5) is 0 Å². The smallest absolute Gasteiger partial charge is 0.293 e. The minimum Gasteiger partial charge on any atom is -0.503 e. The Morgan fingerprint density at radius 1 is 1.00 bits per heavy atom. The van der Waals surface area contributed by atoms with Crippen molar-refractivity contribution in [3.63, 3.8) is 0 Å². The van der Waals surface area contributed by atoms with Crippen LogP contribution < -0.4 is 10.3 Å². The first-order chi connectivity index (χ1) is 12.2. The lowest BCUT2D eigenvalue weighted by molar-refractivity contribution is 0.272. The number of hydrogen-bond acceptors (Lipinski definition) is 4.